The molecule has 1 aliphatic rings. The Hall–Kier alpha value is -3.22. The average Bonchev–Trinajstić information content (AvgIpc) is 3.14. The molecule has 0 saturated carbocycles. The number of phenols is 1. The van der Waals surface area contributed by atoms with Crippen molar-refractivity contribution in [3.05, 3.63) is 59.3 Å². The van der Waals surface area contributed by atoms with Crippen LogP contribution in [-0.2, 0) is 4.79 Å². The number of benzene rings is 1. The summed E-state index contributed by atoms with van der Waals surface area (Å²) in [6, 6.07) is 8.37. The molecule has 0 spiro atoms. The number of anilines is 1. The number of rotatable bonds is 6. The van der Waals surface area contributed by atoms with E-state index < -0.39 is 0 Å². The minimum atomic E-state index is -0.315. The quantitative estimate of drug-likeness (QED) is 0.690. The SMILES string of the molecule is CC(NC1=C(Nc2cccc(C(=O)N(C)C)c2O)C(=O)C1)c1ccco1. The highest BCUT2D eigenvalue weighted by Gasteiger charge is 2.30. The average molecular weight is 355 g/mol. The zero-order valence-electron chi connectivity index (χ0n) is 14.9. The summed E-state index contributed by atoms with van der Waals surface area (Å²) < 4.78 is 5.36. The minimum absolute atomic E-state index is 0.0668. The van der Waals surface area contributed by atoms with Gasteiger partial charge in [0.15, 0.2) is 11.5 Å². The molecule has 7 heteroatoms. The molecular formula is C19H21N3O4. The number of ketones is 1. The van der Waals surface area contributed by atoms with Crippen molar-refractivity contribution in [1.29, 1.82) is 0 Å². The van der Waals surface area contributed by atoms with Gasteiger partial charge < -0.3 is 25.1 Å². The molecule has 2 aromatic rings. The Bertz CT molecular complexity index is 869. The number of carbonyl (C=O) groups is 2. The molecule has 1 aromatic heterocycles. The van der Waals surface area contributed by atoms with Crippen LogP contribution in [0.1, 0.15) is 35.5 Å². The largest absolute Gasteiger partial charge is 0.505 e. The number of furan rings is 1. The van der Waals surface area contributed by atoms with Crippen molar-refractivity contribution < 1.29 is 19.1 Å². The molecule has 0 fully saturated rings. The maximum atomic E-state index is 12.1. The van der Waals surface area contributed by atoms with Crippen LogP contribution >= 0.6 is 0 Å². The molecule has 1 aliphatic carbocycles. The van der Waals surface area contributed by atoms with Gasteiger partial charge in [-0.05, 0) is 31.2 Å². The van der Waals surface area contributed by atoms with Crippen LogP contribution in [0.2, 0.25) is 0 Å². The van der Waals surface area contributed by atoms with E-state index in [9.17, 15) is 14.7 Å². The first-order valence-electron chi connectivity index (χ1n) is 8.25. The van der Waals surface area contributed by atoms with Crippen molar-refractivity contribution in [1.82, 2.24) is 10.2 Å². The third kappa shape index (κ3) is 3.28. The van der Waals surface area contributed by atoms with E-state index in [1.54, 1.807) is 38.6 Å². The van der Waals surface area contributed by atoms with Crippen LogP contribution in [-0.4, -0.2) is 35.8 Å². The lowest BCUT2D eigenvalue weighted by molar-refractivity contribution is -0.116. The molecule has 3 N–H and O–H groups in total. The topological polar surface area (TPSA) is 94.8 Å². The van der Waals surface area contributed by atoms with Gasteiger partial charge in [-0.3, -0.25) is 9.59 Å². The van der Waals surface area contributed by atoms with Crippen molar-refractivity contribution >= 4 is 17.4 Å². The lowest BCUT2D eigenvalue weighted by Crippen LogP contribution is -2.33. The smallest absolute Gasteiger partial charge is 0.257 e. The molecule has 1 unspecified atom stereocenters. The number of amides is 1. The van der Waals surface area contributed by atoms with Gasteiger partial charge in [-0.2, -0.15) is 0 Å². The van der Waals surface area contributed by atoms with Gasteiger partial charge in [0, 0.05) is 19.8 Å². The van der Waals surface area contributed by atoms with Crippen molar-refractivity contribution in [2.45, 2.75) is 19.4 Å². The number of aromatic hydroxyl groups is 1. The zero-order chi connectivity index (χ0) is 18.8. The van der Waals surface area contributed by atoms with E-state index in [0.29, 0.717) is 11.4 Å². The van der Waals surface area contributed by atoms with E-state index in [1.807, 2.05) is 13.0 Å². The van der Waals surface area contributed by atoms with Gasteiger partial charge in [-0.15, -0.1) is 0 Å². The summed E-state index contributed by atoms with van der Waals surface area (Å²) in [5.41, 5.74) is 1.60. The zero-order valence-corrected chi connectivity index (χ0v) is 14.9. The molecule has 1 aromatic carbocycles. The minimum Gasteiger partial charge on any atom is -0.505 e. The number of nitrogens with zero attached hydrogens (tertiary/aromatic N) is 1. The van der Waals surface area contributed by atoms with Gasteiger partial charge in [0.05, 0.1) is 30.0 Å². The lowest BCUT2D eigenvalue weighted by Gasteiger charge is -2.27. The van der Waals surface area contributed by atoms with Gasteiger partial charge in [-0.25, -0.2) is 0 Å². The summed E-state index contributed by atoms with van der Waals surface area (Å²) in [5, 5.41) is 16.6. The Morgan fingerprint density at radius 1 is 1.27 bits per heavy atom. The van der Waals surface area contributed by atoms with Crippen LogP contribution in [0.15, 0.2) is 52.4 Å². The van der Waals surface area contributed by atoms with E-state index in [1.165, 1.54) is 11.0 Å². The first kappa shape index (κ1) is 17.6. The molecule has 1 atom stereocenters. The molecule has 136 valence electrons. The first-order chi connectivity index (χ1) is 12.4. The van der Waals surface area contributed by atoms with E-state index in [-0.39, 0.29) is 35.5 Å². The summed E-state index contributed by atoms with van der Waals surface area (Å²) in [4.78, 5) is 25.5. The van der Waals surface area contributed by atoms with Crippen LogP contribution in [0.4, 0.5) is 5.69 Å². The highest BCUT2D eigenvalue weighted by Crippen LogP contribution is 2.33. The van der Waals surface area contributed by atoms with Crippen molar-refractivity contribution in [3.8, 4) is 5.75 Å². The number of carbonyl (C=O) groups excluding carboxylic acids is 2. The maximum absolute atomic E-state index is 12.1. The second-order valence-electron chi connectivity index (χ2n) is 6.36. The number of hydrogen-bond acceptors (Lipinski definition) is 6. The highest BCUT2D eigenvalue weighted by atomic mass is 16.3. The molecule has 3 rings (SSSR count). The Morgan fingerprint density at radius 3 is 2.65 bits per heavy atom. The Labute approximate surface area is 151 Å². The van der Waals surface area contributed by atoms with Crippen molar-refractivity contribution in [2.75, 3.05) is 19.4 Å². The van der Waals surface area contributed by atoms with Gasteiger partial charge in [-0.1, -0.05) is 6.07 Å². The second kappa shape index (κ2) is 6.95. The molecule has 0 aliphatic heterocycles. The fourth-order valence-electron chi connectivity index (χ4n) is 2.73. The summed E-state index contributed by atoms with van der Waals surface area (Å²) >= 11 is 0. The fraction of sp³-hybridized carbons (Fsp3) is 0.263. The number of phenolic OH excluding ortho intramolecular Hbond substituents is 1. The van der Waals surface area contributed by atoms with Crippen LogP contribution in [0.25, 0.3) is 0 Å². The number of hydrogen-bond donors (Lipinski definition) is 3. The molecular weight excluding hydrogens is 334 g/mol. The van der Waals surface area contributed by atoms with E-state index >= 15 is 0 Å². The Kier molecular flexibility index (Phi) is 4.71. The second-order valence-corrected chi connectivity index (χ2v) is 6.36. The molecule has 0 radical (unpaired) electrons. The van der Waals surface area contributed by atoms with Gasteiger partial charge in [0.25, 0.3) is 5.91 Å². The standard InChI is InChI=1S/C19H21N3O4/c1-11(16-8-5-9-26-16)20-14-10-15(23)17(14)21-13-7-4-6-12(18(13)24)19(25)22(2)3/h4-9,11,20-21,24H,10H2,1-3H3. The molecule has 1 heterocycles. The van der Waals surface area contributed by atoms with Crippen LogP contribution in [0, 0.1) is 0 Å². The number of Topliss-reactive ketones (excluding diaryl/α,β-unsaturated/α-hetero) is 1. The van der Waals surface area contributed by atoms with Crippen molar-refractivity contribution in [2.24, 2.45) is 0 Å². The number of para-hydroxylation sites is 1. The lowest BCUT2D eigenvalue weighted by atomic mass is 9.97. The fourth-order valence-corrected chi connectivity index (χ4v) is 2.73. The van der Waals surface area contributed by atoms with Crippen LogP contribution < -0.4 is 10.6 Å². The predicted molar refractivity (Wildman–Crippen MR) is 96.7 cm³/mol. The van der Waals surface area contributed by atoms with E-state index in [0.717, 1.165) is 11.5 Å². The third-order valence-corrected chi connectivity index (χ3v) is 4.21. The molecule has 0 saturated heterocycles. The third-order valence-electron chi connectivity index (χ3n) is 4.21. The van der Waals surface area contributed by atoms with Crippen molar-refractivity contribution in [3.63, 3.8) is 0 Å². The molecule has 1 amide bonds. The van der Waals surface area contributed by atoms with Gasteiger partial charge in [0.1, 0.15) is 11.5 Å². The predicted octanol–water partition coefficient (Wildman–Crippen LogP) is 2.63. The van der Waals surface area contributed by atoms with E-state index in [4.69, 9.17) is 4.42 Å². The number of nitrogens with one attached hydrogen (secondary N) is 2. The first-order valence-corrected chi connectivity index (χ1v) is 8.25. The summed E-state index contributed by atoms with van der Waals surface area (Å²) in [7, 11) is 3.22. The van der Waals surface area contributed by atoms with Crippen LogP contribution in [0.5, 0.6) is 5.75 Å². The summed E-state index contributed by atoms with van der Waals surface area (Å²) in [6.07, 6.45) is 1.88. The maximum Gasteiger partial charge on any atom is 0.257 e. The molecule has 0 bridgehead atoms. The van der Waals surface area contributed by atoms with Crippen LogP contribution in [0.3, 0.4) is 0 Å². The normalized spacial score (nSPS) is 14.7. The molecule has 7 nitrogen and oxygen atoms in total. The molecule has 26 heavy (non-hydrogen) atoms. The van der Waals surface area contributed by atoms with Gasteiger partial charge in [0.2, 0.25) is 0 Å². The van der Waals surface area contributed by atoms with E-state index in [2.05, 4.69) is 10.6 Å². The highest BCUT2D eigenvalue weighted by molar-refractivity contribution is 6.07. The Morgan fingerprint density at radius 2 is 2.04 bits per heavy atom. The number of allylic oxidation sites excluding steroid dienone is 2. The summed E-state index contributed by atoms with van der Waals surface area (Å²) in [5.74, 6) is 0.196. The monoisotopic (exact) mass is 355 g/mol. The Balaban J connectivity index is 1.82. The van der Waals surface area contributed by atoms with Gasteiger partial charge >= 0.3 is 0 Å². The summed E-state index contributed by atoms with van der Waals surface area (Å²) in [6.45, 7) is 1.93.